The topological polar surface area (TPSA) is 70.5 Å². The number of anilines is 1. The molecule has 1 aliphatic rings. The van der Waals surface area contributed by atoms with Crippen LogP contribution in [0.15, 0.2) is 50.8 Å². The van der Waals surface area contributed by atoms with Gasteiger partial charge in [0, 0.05) is 54.0 Å². The van der Waals surface area contributed by atoms with E-state index in [2.05, 4.69) is 50.0 Å². The van der Waals surface area contributed by atoms with E-state index in [0.717, 1.165) is 42.8 Å². The third-order valence-corrected chi connectivity index (χ3v) is 8.49. The van der Waals surface area contributed by atoms with Gasteiger partial charge in [-0.1, -0.05) is 34.5 Å². The Bertz CT molecular complexity index is 1270. The highest BCUT2D eigenvalue weighted by molar-refractivity contribution is 9.10. The van der Waals surface area contributed by atoms with Gasteiger partial charge >= 0.3 is 0 Å². The van der Waals surface area contributed by atoms with Gasteiger partial charge in [0.15, 0.2) is 0 Å². The van der Waals surface area contributed by atoms with Crippen LogP contribution in [0.25, 0.3) is 10.9 Å². The third kappa shape index (κ3) is 5.54. The number of hydrogen-bond donors (Lipinski definition) is 1. The van der Waals surface area contributed by atoms with Gasteiger partial charge in [0.05, 0.1) is 32.3 Å². The lowest BCUT2D eigenvalue weighted by atomic mass is 10.1. The summed E-state index contributed by atoms with van der Waals surface area (Å²) in [6.45, 7) is 11.3. The molecule has 1 fully saturated rings. The molecule has 4 rings (SSSR count). The molecule has 0 saturated carbocycles. The van der Waals surface area contributed by atoms with Crippen LogP contribution < -0.4 is 11.0 Å². The summed E-state index contributed by atoms with van der Waals surface area (Å²) < 4.78 is 14.6. The second-order valence-corrected chi connectivity index (χ2v) is 11.7. The molecule has 2 heterocycles. The van der Waals surface area contributed by atoms with Crippen molar-refractivity contribution in [3.8, 4) is 0 Å². The highest BCUT2D eigenvalue weighted by atomic mass is 79.9. The molecule has 1 aromatic heterocycles. The Balaban J connectivity index is 1.59. The number of fused-ring (bicyclic) bond motifs is 1. The maximum atomic E-state index is 13.2. The van der Waals surface area contributed by atoms with E-state index in [1.165, 1.54) is 11.0 Å². The molecule has 0 bridgehead atoms. The Hall–Kier alpha value is -1.78. The van der Waals surface area contributed by atoms with Gasteiger partial charge in [-0.15, -0.1) is 0 Å². The smallest absolute Gasteiger partial charge is 0.280 e. The maximum Gasteiger partial charge on any atom is 0.280 e. The molecule has 1 unspecified atom stereocenters. The van der Waals surface area contributed by atoms with Crippen LogP contribution in [0.5, 0.6) is 0 Å². The summed E-state index contributed by atoms with van der Waals surface area (Å²) >= 11 is 9.82. The predicted octanol–water partition coefficient (Wildman–Crippen LogP) is 4.34. The average Bonchev–Trinajstić information content (AvgIpc) is 2.82. The largest absolute Gasteiger partial charge is 0.298 e. The molecule has 0 aliphatic carbocycles. The Morgan fingerprint density at radius 1 is 1.18 bits per heavy atom. The van der Waals surface area contributed by atoms with E-state index in [1.807, 2.05) is 19.1 Å². The van der Waals surface area contributed by atoms with Gasteiger partial charge in [-0.05, 0) is 49.7 Å². The molecule has 0 radical (unpaired) electrons. The SMILES string of the molecule is CCS(=O)c1ccc(Cl)cc1Nn1cnc2cc(CN3CCN(C(C)C)CC3)c(Br)cc2c1=O. The Morgan fingerprint density at radius 2 is 1.91 bits per heavy atom. The van der Waals surface area contributed by atoms with Crippen LogP contribution in [0.2, 0.25) is 5.02 Å². The molecular weight excluding hydrogens is 538 g/mol. The number of halogens is 2. The van der Waals surface area contributed by atoms with Gasteiger partial charge in [0.2, 0.25) is 0 Å². The number of hydrogen-bond acceptors (Lipinski definition) is 6. The van der Waals surface area contributed by atoms with Gasteiger partial charge in [0.25, 0.3) is 5.56 Å². The standard InChI is InChI=1S/C24H29BrClN5O2S/c1-4-34(33)23-6-5-18(26)12-22(23)28-31-15-27-21-11-17(20(25)13-19(21)24(31)32)14-29-7-9-30(10-8-29)16(2)3/h5-6,11-13,15-16,28H,4,7-10,14H2,1-3H3. The summed E-state index contributed by atoms with van der Waals surface area (Å²) in [7, 11) is -1.21. The van der Waals surface area contributed by atoms with Crippen LogP contribution in [0, 0.1) is 0 Å². The first kappa shape index (κ1) is 25.3. The van der Waals surface area contributed by atoms with Crippen molar-refractivity contribution in [1.82, 2.24) is 19.5 Å². The summed E-state index contributed by atoms with van der Waals surface area (Å²) in [6, 6.07) is 9.47. The summed E-state index contributed by atoms with van der Waals surface area (Å²) in [5, 5.41) is 0.984. The molecule has 7 nitrogen and oxygen atoms in total. The highest BCUT2D eigenvalue weighted by Gasteiger charge is 2.20. The van der Waals surface area contributed by atoms with Crippen molar-refractivity contribution in [3.05, 3.63) is 62.1 Å². The Morgan fingerprint density at radius 3 is 2.59 bits per heavy atom. The minimum atomic E-state index is -1.21. The van der Waals surface area contributed by atoms with E-state index in [4.69, 9.17) is 11.6 Å². The number of piperazine rings is 1. The van der Waals surface area contributed by atoms with Crippen LogP contribution in [-0.4, -0.2) is 61.6 Å². The molecule has 0 amide bonds. The predicted molar refractivity (Wildman–Crippen MR) is 143 cm³/mol. The molecule has 1 atom stereocenters. The number of nitrogens with one attached hydrogen (secondary N) is 1. The lowest BCUT2D eigenvalue weighted by Crippen LogP contribution is -2.48. The van der Waals surface area contributed by atoms with Gasteiger partial charge in [-0.25, -0.2) is 9.66 Å². The zero-order valence-electron chi connectivity index (χ0n) is 19.6. The number of benzene rings is 2. The molecule has 34 heavy (non-hydrogen) atoms. The number of nitrogens with zero attached hydrogens (tertiary/aromatic N) is 4. The van der Waals surface area contributed by atoms with Crippen molar-refractivity contribution in [3.63, 3.8) is 0 Å². The van der Waals surface area contributed by atoms with Crippen LogP contribution >= 0.6 is 27.5 Å². The molecule has 1 N–H and O–H groups in total. The lowest BCUT2D eigenvalue weighted by molar-refractivity contribution is 0.104. The van der Waals surface area contributed by atoms with Crippen molar-refractivity contribution in [1.29, 1.82) is 0 Å². The molecule has 1 saturated heterocycles. The van der Waals surface area contributed by atoms with Crippen LogP contribution in [0.4, 0.5) is 5.69 Å². The van der Waals surface area contributed by atoms with Gasteiger partial charge in [-0.2, -0.15) is 0 Å². The first-order chi connectivity index (χ1) is 16.3. The van der Waals surface area contributed by atoms with E-state index in [9.17, 15) is 9.00 Å². The Kier molecular flexibility index (Phi) is 8.09. The fourth-order valence-corrected chi connectivity index (χ4v) is 5.66. The number of rotatable bonds is 7. The normalized spacial score (nSPS) is 16.3. The van der Waals surface area contributed by atoms with Crippen molar-refractivity contribution in [2.24, 2.45) is 0 Å². The zero-order chi connectivity index (χ0) is 24.4. The minimum Gasteiger partial charge on any atom is -0.298 e. The average molecular weight is 567 g/mol. The maximum absolute atomic E-state index is 13.2. The summed E-state index contributed by atoms with van der Waals surface area (Å²) in [5.74, 6) is 0.462. The van der Waals surface area contributed by atoms with E-state index in [0.29, 0.717) is 38.3 Å². The fourth-order valence-electron chi connectivity index (χ4n) is 4.14. The van der Waals surface area contributed by atoms with Crippen LogP contribution in [-0.2, 0) is 17.3 Å². The molecule has 0 spiro atoms. The second-order valence-electron chi connectivity index (χ2n) is 8.67. The van der Waals surface area contributed by atoms with Gasteiger partial charge in [0.1, 0.15) is 6.33 Å². The van der Waals surface area contributed by atoms with E-state index < -0.39 is 10.8 Å². The Labute approximate surface area is 215 Å². The molecule has 10 heteroatoms. The quantitative estimate of drug-likeness (QED) is 0.459. The van der Waals surface area contributed by atoms with Crippen molar-refractivity contribution in [2.45, 2.75) is 38.3 Å². The monoisotopic (exact) mass is 565 g/mol. The fraction of sp³-hybridized carbons (Fsp3) is 0.417. The third-order valence-electron chi connectivity index (χ3n) is 6.15. The van der Waals surface area contributed by atoms with Crippen molar-refractivity contribution in [2.75, 3.05) is 37.4 Å². The molecular formula is C24H29BrClN5O2S. The highest BCUT2D eigenvalue weighted by Crippen LogP contribution is 2.26. The van der Waals surface area contributed by atoms with E-state index >= 15 is 0 Å². The molecule has 182 valence electrons. The van der Waals surface area contributed by atoms with E-state index in [1.54, 1.807) is 18.2 Å². The minimum absolute atomic E-state index is 0.240. The van der Waals surface area contributed by atoms with Crippen molar-refractivity contribution >= 4 is 54.9 Å². The van der Waals surface area contributed by atoms with Crippen LogP contribution in [0.1, 0.15) is 26.3 Å². The molecule has 3 aromatic rings. The first-order valence-corrected chi connectivity index (χ1v) is 13.9. The molecule has 1 aliphatic heterocycles. The zero-order valence-corrected chi connectivity index (χ0v) is 22.7. The summed E-state index contributed by atoms with van der Waals surface area (Å²) in [6.07, 6.45) is 1.46. The summed E-state index contributed by atoms with van der Waals surface area (Å²) in [4.78, 5) is 23.3. The van der Waals surface area contributed by atoms with Crippen LogP contribution in [0.3, 0.4) is 0 Å². The lowest BCUT2D eigenvalue weighted by Gasteiger charge is -2.37. The van der Waals surface area contributed by atoms with Crippen molar-refractivity contribution < 1.29 is 4.21 Å². The number of aromatic nitrogens is 2. The van der Waals surface area contributed by atoms with E-state index in [-0.39, 0.29) is 5.56 Å². The first-order valence-electron chi connectivity index (χ1n) is 11.4. The van der Waals surface area contributed by atoms with Gasteiger partial charge in [-0.3, -0.25) is 24.2 Å². The van der Waals surface area contributed by atoms with Gasteiger partial charge < -0.3 is 0 Å². The molecule has 2 aromatic carbocycles. The summed E-state index contributed by atoms with van der Waals surface area (Å²) in [5.41, 5.74) is 5.07. The second kappa shape index (κ2) is 10.9.